The second-order valence-electron chi connectivity index (χ2n) is 5.52. The molecule has 0 radical (unpaired) electrons. The van der Waals surface area contributed by atoms with Crippen LogP contribution < -0.4 is 5.32 Å². The van der Waals surface area contributed by atoms with Crippen LogP contribution in [0.3, 0.4) is 0 Å². The van der Waals surface area contributed by atoms with Gasteiger partial charge >= 0.3 is 12.0 Å². The number of rotatable bonds is 8. The number of nitrogens with one attached hydrogen (secondary N) is 1. The normalized spacial score (nSPS) is 21.5. The second-order valence-corrected chi connectivity index (χ2v) is 5.52. The number of aliphatic carboxylic acids is 1. The quantitative estimate of drug-likeness (QED) is 0.651. The third-order valence-corrected chi connectivity index (χ3v) is 3.48. The highest BCUT2D eigenvalue weighted by Crippen LogP contribution is 2.18. The first-order valence-electron chi connectivity index (χ1n) is 7.36. The number of carboxylic acid groups (broad SMARTS) is 1. The van der Waals surface area contributed by atoms with E-state index < -0.39 is 17.9 Å². The summed E-state index contributed by atoms with van der Waals surface area (Å²) in [4.78, 5) is 24.5. The number of urea groups is 1. The minimum absolute atomic E-state index is 0.157. The molecule has 0 bridgehead atoms. The zero-order chi connectivity index (χ0) is 15.8. The maximum atomic E-state index is 12.0. The van der Waals surface area contributed by atoms with Crippen molar-refractivity contribution in [3.8, 4) is 0 Å². The molecule has 0 aromatic rings. The molecule has 21 heavy (non-hydrogen) atoms. The Kier molecular flexibility index (Phi) is 7.45. The van der Waals surface area contributed by atoms with E-state index in [4.69, 9.17) is 14.6 Å². The number of carbonyl (C=O) groups excluding carboxylic acids is 1. The largest absolute Gasteiger partial charge is 0.481 e. The Balaban J connectivity index is 2.23. The number of unbranched alkanes of at least 4 members (excludes halogenated alkanes) is 1. The van der Waals surface area contributed by atoms with Crippen LogP contribution in [0.5, 0.6) is 0 Å². The highest BCUT2D eigenvalue weighted by atomic mass is 16.5. The van der Waals surface area contributed by atoms with Crippen molar-refractivity contribution in [3.63, 3.8) is 0 Å². The van der Waals surface area contributed by atoms with E-state index in [2.05, 4.69) is 5.32 Å². The third kappa shape index (κ3) is 5.89. The number of hydrogen-bond acceptors (Lipinski definition) is 4. The lowest BCUT2D eigenvalue weighted by Crippen LogP contribution is -2.48. The molecule has 2 atom stereocenters. The van der Waals surface area contributed by atoms with Gasteiger partial charge in [-0.2, -0.15) is 0 Å². The van der Waals surface area contributed by atoms with Gasteiger partial charge in [0.25, 0.3) is 0 Å². The van der Waals surface area contributed by atoms with Crippen molar-refractivity contribution in [3.05, 3.63) is 0 Å². The van der Waals surface area contributed by atoms with Gasteiger partial charge in [-0.05, 0) is 26.7 Å². The summed E-state index contributed by atoms with van der Waals surface area (Å²) in [6, 6.07) is -0.673. The average Bonchev–Trinajstić information content (AvgIpc) is 2.90. The van der Waals surface area contributed by atoms with Crippen LogP contribution in [0, 0.1) is 5.92 Å². The van der Waals surface area contributed by atoms with Gasteiger partial charge in [0.1, 0.15) is 5.92 Å². The standard InChI is InChI=1S/C14H26N2O5/c1-10(2)21-7-5-4-6-15-14(19)16(3)12-9-20-8-11(12)13(17)18/h10-12H,4-9H2,1-3H3,(H,15,19)(H,17,18). The van der Waals surface area contributed by atoms with Crippen molar-refractivity contribution < 1.29 is 24.2 Å². The van der Waals surface area contributed by atoms with Crippen LogP contribution in [-0.4, -0.2) is 67.6 Å². The zero-order valence-electron chi connectivity index (χ0n) is 13.0. The van der Waals surface area contributed by atoms with Crippen molar-refractivity contribution in [1.82, 2.24) is 10.2 Å². The molecule has 2 amide bonds. The molecule has 7 nitrogen and oxygen atoms in total. The van der Waals surface area contributed by atoms with Gasteiger partial charge in [0.2, 0.25) is 0 Å². The minimum Gasteiger partial charge on any atom is -0.481 e. The van der Waals surface area contributed by atoms with Gasteiger partial charge in [-0.25, -0.2) is 4.79 Å². The summed E-state index contributed by atoms with van der Waals surface area (Å²) in [6.07, 6.45) is 1.93. The highest BCUT2D eigenvalue weighted by Gasteiger charge is 2.38. The third-order valence-electron chi connectivity index (χ3n) is 3.48. The molecule has 1 saturated heterocycles. The molecule has 0 aromatic carbocycles. The van der Waals surface area contributed by atoms with Crippen molar-refractivity contribution in [2.75, 3.05) is 33.4 Å². The molecule has 0 aromatic heterocycles. The number of nitrogens with zero attached hydrogens (tertiary/aromatic N) is 1. The van der Waals surface area contributed by atoms with Gasteiger partial charge in [-0.3, -0.25) is 4.79 Å². The van der Waals surface area contributed by atoms with Gasteiger partial charge in [-0.1, -0.05) is 0 Å². The lowest BCUT2D eigenvalue weighted by Gasteiger charge is -2.26. The molecule has 1 rings (SSSR count). The van der Waals surface area contributed by atoms with Crippen LogP contribution >= 0.6 is 0 Å². The molecule has 1 heterocycles. The maximum absolute atomic E-state index is 12.0. The van der Waals surface area contributed by atoms with Crippen molar-refractivity contribution in [1.29, 1.82) is 0 Å². The summed E-state index contributed by atoms with van der Waals surface area (Å²) < 4.78 is 10.6. The van der Waals surface area contributed by atoms with Gasteiger partial charge in [0, 0.05) is 20.2 Å². The smallest absolute Gasteiger partial charge is 0.317 e. The van der Waals surface area contributed by atoms with E-state index in [1.165, 1.54) is 4.90 Å². The lowest BCUT2D eigenvalue weighted by atomic mass is 10.0. The molecule has 122 valence electrons. The topological polar surface area (TPSA) is 88.1 Å². The summed E-state index contributed by atoms with van der Waals surface area (Å²) in [7, 11) is 1.60. The summed E-state index contributed by atoms with van der Waals surface area (Å²) in [6.45, 7) is 5.63. The number of hydrogen-bond donors (Lipinski definition) is 2. The zero-order valence-corrected chi connectivity index (χ0v) is 13.0. The van der Waals surface area contributed by atoms with E-state index in [0.717, 1.165) is 12.8 Å². The molecule has 1 aliphatic rings. The fourth-order valence-corrected chi connectivity index (χ4v) is 2.18. The fourth-order valence-electron chi connectivity index (χ4n) is 2.18. The predicted octanol–water partition coefficient (Wildman–Crippen LogP) is 0.933. The Bertz CT molecular complexity index is 348. The molecule has 0 saturated carbocycles. The molecule has 0 aliphatic carbocycles. The summed E-state index contributed by atoms with van der Waals surface area (Å²) >= 11 is 0. The average molecular weight is 302 g/mol. The van der Waals surface area contributed by atoms with Crippen molar-refractivity contribution >= 4 is 12.0 Å². The van der Waals surface area contributed by atoms with Crippen LogP contribution in [0.4, 0.5) is 4.79 Å². The second kappa shape index (κ2) is 8.84. The summed E-state index contributed by atoms with van der Waals surface area (Å²) in [5.41, 5.74) is 0. The first-order chi connectivity index (χ1) is 9.93. The molecule has 2 unspecified atom stereocenters. The molecule has 0 spiro atoms. The molecular formula is C14H26N2O5. The monoisotopic (exact) mass is 302 g/mol. The summed E-state index contributed by atoms with van der Waals surface area (Å²) in [5, 5.41) is 11.9. The number of carbonyl (C=O) groups is 2. The minimum atomic E-state index is -0.928. The van der Waals surface area contributed by atoms with Gasteiger partial charge in [0.15, 0.2) is 0 Å². The SMILES string of the molecule is CC(C)OCCCCNC(=O)N(C)C1COCC1C(=O)O. The first kappa shape index (κ1) is 17.7. The van der Waals surface area contributed by atoms with Crippen molar-refractivity contribution in [2.24, 2.45) is 5.92 Å². The summed E-state index contributed by atoms with van der Waals surface area (Å²) in [5.74, 6) is -1.58. The van der Waals surface area contributed by atoms with Crippen molar-refractivity contribution in [2.45, 2.75) is 38.8 Å². The Morgan fingerprint density at radius 2 is 2.10 bits per heavy atom. The van der Waals surface area contributed by atoms with Gasteiger partial charge in [-0.15, -0.1) is 0 Å². The highest BCUT2D eigenvalue weighted by molar-refractivity contribution is 5.77. The van der Waals surface area contributed by atoms with Crippen LogP contribution in [0.25, 0.3) is 0 Å². The van der Waals surface area contributed by atoms with E-state index in [1.807, 2.05) is 13.8 Å². The van der Waals surface area contributed by atoms with E-state index in [0.29, 0.717) is 13.2 Å². The molecular weight excluding hydrogens is 276 g/mol. The van der Waals surface area contributed by atoms with Crippen LogP contribution in [-0.2, 0) is 14.3 Å². The van der Waals surface area contributed by atoms with Gasteiger partial charge in [0.05, 0.1) is 25.4 Å². The van der Waals surface area contributed by atoms with E-state index in [9.17, 15) is 9.59 Å². The molecule has 1 fully saturated rings. The predicted molar refractivity (Wildman–Crippen MR) is 77.2 cm³/mol. The fraction of sp³-hybridized carbons (Fsp3) is 0.857. The molecule has 2 N–H and O–H groups in total. The van der Waals surface area contributed by atoms with E-state index in [-0.39, 0.29) is 25.3 Å². The van der Waals surface area contributed by atoms with Crippen LogP contribution in [0.2, 0.25) is 0 Å². The Hall–Kier alpha value is -1.34. The molecule has 7 heteroatoms. The maximum Gasteiger partial charge on any atom is 0.317 e. The number of likely N-dealkylation sites (N-methyl/N-ethyl adjacent to an activating group) is 1. The van der Waals surface area contributed by atoms with E-state index in [1.54, 1.807) is 7.05 Å². The number of carboxylic acids is 1. The van der Waals surface area contributed by atoms with Crippen LogP contribution in [0.15, 0.2) is 0 Å². The number of ether oxygens (including phenoxy) is 2. The van der Waals surface area contributed by atoms with Gasteiger partial charge < -0.3 is 24.8 Å². The molecule has 1 aliphatic heterocycles. The lowest BCUT2D eigenvalue weighted by molar-refractivity contribution is -0.142. The Labute approximate surface area is 125 Å². The first-order valence-corrected chi connectivity index (χ1v) is 7.36. The van der Waals surface area contributed by atoms with E-state index >= 15 is 0 Å². The van der Waals surface area contributed by atoms with Crippen LogP contribution in [0.1, 0.15) is 26.7 Å². The number of amides is 2. The Morgan fingerprint density at radius 1 is 1.38 bits per heavy atom. The Morgan fingerprint density at radius 3 is 2.71 bits per heavy atom.